The summed E-state index contributed by atoms with van der Waals surface area (Å²) < 4.78 is 2.41. The molecule has 31 heavy (non-hydrogen) atoms. The van der Waals surface area contributed by atoms with Gasteiger partial charge in [-0.25, -0.2) is 0 Å². The largest absolute Gasteiger partial charge is 0.294 e. The van der Waals surface area contributed by atoms with Crippen molar-refractivity contribution in [3.05, 3.63) is 20.9 Å². The fourth-order valence-corrected chi connectivity index (χ4v) is 10.2. The lowest BCUT2D eigenvalue weighted by atomic mass is 9.74. The summed E-state index contributed by atoms with van der Waals surface area (Å²) >= 11 is 3.70. The van der Waals surface area contributed by atoms with Crippen molar-refractivity contribution in [3.63, 3.8) is 0 Å². The van der Waals surface area contributed by atoms with Gasteiger partial charge in [-0.2, -0.15) is 0 Å². The first-order valence-corrected chi connectivity index (χ1v) is 14.5. The van der Waals surface area contributed by atoms with Crippen molar-refractivity contribution < 1.29 is 9.59 Å². The maximum atomic E-state index is 13.7. The molecule has 0 saturated heterocycles. The summed E-state index contributed by atoms with van der Waals surface area (Å²) in [5, 5.41) is 0. The van der Waals surface area contributed by atoms with Gasteiger partial charge in [0, 0.05) is 32.7 Å². The van der Waals surface area contributed by atoms with E-state index in [4.69, 9.17) is 0 Å². The van der Waals surface area contributed by atoms with Gasteiger partial charge in [-0.05, 0) is 50.4 Å². The van der Waals surface area contributed by atoms with E-state index in [9.17, 15) is 9.59 Å². The minimum absolute atomic E-state index is 0.217. The number of Topliss-reactive ketones (excluding diaryl/α,β-unsaturated/α-hetero) is 2. The molecule has 2 aromatic rings. The Morgan fingerprint density at radius 2 is 0.839 bits per heavy atom. The molecule has 6 rings (SSSR count). The SMILES string of the molecule is O=C1c2c(sc3c4c(sc23)C2CCCCCC(C2)C4=O)C2CCCCCCCCC1C2. The fourth-order valence-electron chi connectivity index (χ4n) is 6.98. The van der Waals surface area contributed by atoms with Gasteiger partial charge in [-0.3, -0.25) is 9.59 Å². The van der Waals surface area contributed by atoms with Crippen molar-refractivity contribution in [1.29, 1.82) is 0 Å². The first-order chi connectivity index (χ1) is 15.2. The molecule has 4 aliphatic rings. The van der Waals surface area contributed by atoms with E-state index in [2.05, 4.69) is 0 Å². The maximum absolute atomic E-state index is 13.7. The van der Waals surface area contributed by atoms with Crippen LogP contribution in [0.4, 0.5) is 0 Å². The van der Waals surface area contributed by atoms with Gasteiger partial charge < -0.3 is 0 Å². The molecule has 0 aromatic carbocycles. The Hall–Kier alpha value is -1.00. The van der Waals surface area contributed by atoms with Crippen LogP contribution in [0, 0.1) is 11.8 Å². The van der Waals surface area contributed by atoms with E-state index < -0.39 is 0 Å². The summed E-state index contributed by atoms with van der Waals surface area (Å²) in [6.07, 6.45) is 18.3. The number of rotatable bonds is 0. The van der Waals surface area contributed by atoms with Crippen molar-refractivity contribution in [3.8, 4) is 0 Å². The number of carbonyl (C=O) groups excluding carboxylic acids is 2. The second-order valence-electron chi connectivity index (χ2n) is 10.7. The average Bonchev–Trinajstić information content (AvgIpc) is 3.27. The fraction of sp³-hybridized carbons (Fsp3) is 0.704. The minimum Gasteiger partial charge on any atom is -0.294 e. The van der Waals surface area contributed by atoms with Gasteiger partial charge in [-0.15, -0.1) is 22.7 Å². The Morgan fingerprint density at radius 1 is 0.484 bits per heavy atom. The van der Waals surface area contributed by atoms with Crippen LogP contribution >= 0.6 is 22.7 Å². The topological polar surface area (TPSA) is 34.1 Å². The van der Waals surface area contributed by atoms with Crippen molar-refractivity contribution >= 4 is 43.6 Å². The van der Waals surface area contributed by atoms with E-state index in [-0.39, 0.29) is 11.8 Å². The second-order valence-corrected chi connectivity index (χ2v) is 12.8. The third-order valence-corrected chi connectivity index (χ3v) is 11.5. The number of hydrogen-bond donors (Lipinski definition) is 0. The smallest absolute Gasteiger partial charge is 0.168 e. The van der Waals surface area contributed by atoms with E-state index >= 15 is 0 Å². The van der Waals surface area contributed by atoms with Crippen molar-refractivity contribution in [2.75, 3.05) is 0 Å². The second kappa shape index (κ2) is 8.41. The molecule has 0 N–H and O–H groups in total. The maximum Gasteiger partial charge on any atom is 0.168 e. The number of hydrogen-bond acceptors (Lipinski definition) is 4. The van der Waals surface area contributed by atoms with Crippen molar-refractivity contribution in [2.45, 2.75) is 108 Å². The zero-order valence-electron chi connectivity index (χ0n) is 18.5. The van der Waals surface area contributed by atoms with E-state index in [1.165, 1.54) is 89.8 Å². The van der Waals surface area contributed by atoms with Gasteiger partial charge in [0.2, 0.25) is 0 Å². The van der Waals surface area contributed by atoms with Crippen LogP contribution in [0.25, 0.3) is 9.40 Å². The molecule has 4 bridgehead atoms. The highest BCUT2D eigenvalue weighted by molar-refractivity contribution is 7.29. The minimum atomic E-state index is 0.217. The van der Waals surface area contributed by atoms with E-state index in [1.807, 2.05) is 22.7 Å². The van der Waals surface area contributed by atoms with Gasteiger partial charge >= 0.3 is 0 Å². The summed E-state index contributed by atoms with van der Waals surface area (Å²) in [7, 11) is 0. The van der Waals surface area contributed by atoms with Crippen molar-refractivity contribution in [2.24, 2.45) is 11.8 Å². The number of ketones is 2. The molecule has 4 aliphatic carbocycles. The molecule has 2 aromatic heterocycles. The van der Waals surface area contributed by atoms with Gasteiger partial charge in [-0.1, -0.05) is 57.8 Å². The summed E-state index contributed by atoms with van der Waals surface area (Å²) in [6, 6.07) is 0. The molecule has 4 atom stereocenters. The predicted molar refractivity (Wildman–Crippen MR) is 130 cm³/mol. The lowest BCUT2D eigenvalue weighted by Gasteiger charge is -2.31. The zero-order chi connectivity index (χ0) is 20.9. The van der Waals surface area contributed by atoms with Crippen LogP contribution in [0.3, 0.4) is 0 Å². The van der Waals surface area contributed by atoms with Gasteiger partial charge in [0.05, 0.1) is 9.40 Å². The molecule has 0 aliphatic heterocycles. The molecule has 4 heteroatoms. The Labute approximate surface area is 193 Å². The summed E-state index contributed by atoms with van der Waals surface area (Å²) in [6.45, 7) is 0. The first kappa shape index (κ1) is 20.6. The monoisotopic (exact) mass is 454 g/mol. The van der Waals surface area contributed by atoms with Crippen LogP contribution < -0.4 is 0 Å². The lowest BCUT2D eigenvalue weighted by Crippen LogP contribution is -2.25. The Morgan fingerprint density at radius 3 is 1.29 bits per heavy atom. The van der Waals surface area contributed by atoms with Crippen LogP contribution in [0.15, 0.2) is 0 Å². The predicted octanol–water partition coefficient (Wildman–Crippen LogP) is 8.63. The van der Waals surface area contributed by atoms with Crippen LogP contribution in [0.2, 0.25) is 0 Å². The van der Waals surface area contributed by atoms with Crippen LogP contribution in [0.1, 0.15) is 139 Å². The highest BCUT2D eigenvalue weighted by atomic mass is 32.1. The lowest BCUT2D eigenvalue weighted by molar-refractivity contribution is 0.0873. The van der Waals surface area contributed by atoms with Gasteiger partial charge in [0.1, 0.15) is 0 Å². The van der Waals surface area contributed by atoms with E-state index in [0.29, 0.717) is 23.4 Å². The highest BCUT2D eigenvalue weighted by Crippen LogP contribution is 2.55. The molecule has 2 nitrogen and oxygen atoms in total. The standard InChI is InChI=1S/C27H34O2S2/c28-22-16-10-6-3-1-2-4-7-12-18(14-16)24-20(22)26-27(30-24)21-23(29)17-11-8-5-9-13-19(15-17)25(21)31-26/h16-19H,1-15H2. The zero-order valence-corrected chi connectivity index (χ0v) is 20.2. The molecule has 0 radical (unpaired) electrons. The highest BCUT2D eigenvalue weighted by Gasteiger charge is 2.42. The van der Waals surface area contributed by atoms with E-state index in [1.54, 1.807) is 0 Å². The summed E-state index contributed by atoms with van der Waals surface area (Å²) in [5.41, 5.74) is 2.13. The molecular weight excluding hydrogens is 420 g/mol. The Balaban J connectivity index is 1.47. The summed E-state index contributed by atoms with van der Waals surface area (Å²) in [5.74, 6) is 2.37. The molecular formula is C27H34O2S2. The quantitative estimate of drug-likeness (QED) is 0.399. The third-order valence-electron chi connectivity index (χ3n) is 8.65. The summed E-state index contributed by atoms with van der Waals surface area (Å²) in [4.78, 5) is 30.0. The molecule has 2 heterocycles. The van der Waals surface area contributed by atoms with E-state index in [0.717, 1.165) is 36.8 Å². The molecule has 4 unspecified atom stereocenters. The van der Waals surface area contributed by atoms with Crippen LogP contribution in [0.5, 0.6) is 0 Å². The average molecular weight is 455 g/mol. The van der Waals surface area contributed by atoms with Crippen LogP contribution in [-0.4, -0.2) is 11.6 Å². The van der Waals surface area contributed by atoms with Gasteiger partial charge in [0.15, 0.2) is 11.6 Å². The Bertz CT molecular complexity index is 1010. The number of thiophene rings is 2. The van der Waals surface area contributed by atoms with Crippen molar-refractivity contribution in [1.82, 2.24) is 0 Å². The molecule has 2 fully saturated rings. The third kappa shape index (κ3) is 3.47. The normalized spacial score (nSPS) is 32.0. The molecule has 2 saturated carbocycles. The molecule has 166 valence electrons. The number of carbonyl (C=O) groups is 2. The van der Waals surface area contributed by atoms with Gasteiger partial charge in [0.25, 0.3) is 0 Å². The molecule has 0 spiro atoms. The number of fused-ring (bicyclic) bond motifs is 11. The first-order valence-electron chi connectivity index (χ1n) is 12.9. The molecule has 0 amide bonds. The Kier molecular flexibility index (Phi) is 5.59. The van der Waals surface area contributed by atoms with Crippen LogP contribution in [-0.2, 0) is 0 Å².